The number of nitrogens with one attached hydrogen (secondary N) is 1. The second-order valence-corrected chi connectivity index (χ2v) is 9.27. The minimum atomic E-state index is -0.341. The van der Waals surface area contributed by atoms with Crippen molar-refractivity contribution >= 4 is 28.3 Å². The van der Waals surface area contributed by atoms with Crippen molar-refractivity contribution in [2.45, 2.75) is 38.6 Å². The number of rotatable bonds is 6. The number of carbonyl (C=O) groups is 2. The number of hydrogen-bond donors (Lipinski definition) is 2. The van der Waals surface area contributed by atoms with Crippen LogP contribution < -0.4 is 11.1 Å². The summed E-state index contributed by atoms with van der Waals surface area (Å²) >= 11 is 1.52. The lowest BCUT2D eigenvalue weighted by Gasteiger charge is -2.45. The molecule has 3 amide bonds. The molecule has 30 heavy (non-hydrogen) atoms. The molecule has 1 aliphatic heterocycles. The van der Waals surface area contributed by atoms with Gasteiger partial charge in [0.15, 0.2) is 0 Å². The Morgan fingerprint density at radius 1 is 1.43 bits per heavy atom. The molecule has 0 saturated carbocycles. The third-order valence-electron chi connectivity index (χ3n) is 6.22. The molecule has 1 saturated heterocycles. The first-order valence-corrected chi connectivity index (χ1v) is 11.3. The van der Waals surface area contributed by atoms with Crippen molar-refractivity contribution in [3.8, 4) is 6.07 Å². The van der Waals surface area contributed by atoms with Crippen molar-refractivity contribution in [2.24, 2.45) is 11.8 Å². The molecule has 1 aromatic rings. The van der Waals surface area contributed by atoms with E-state index in [0.29, 0.717) is 55.7 Å². The van der Waals surface area contributed by atoms with Gasteiger partial charge in [0.1, 0.15) is 11.1 Å². The first-order valence-electron chi connectivity index (χ1n) is 10.5. The van der Waals surface area contributed by atoms with Gasteiger partial charge >= 0.3 is 6.03 Å². The first-order chi connectivity index (χ1) is 14.4. The van der Waals surface area contributed by atoms with Gasteiger partial charge in [0, 0.05) is 44.3 Å². The maximum atomic E-state index is 13.3. The summed E-state index contributed by atoms with van der Waals surface area (Å²) in [6, 6.07) is 2.24. The first kappa shape index (κ1) is 22.5. The molecule has 8 nitrogen and oxygen atoms in total. The number of ether oxygens (including phenoxy) is 1. The molecular formula is C21H31N5O3S. The normalized spacial score (nSPS) is 23.2. The Morgan fingerprint density at radius 2 is 2.20 bits per heavy atom. The standard InChI is InChI=1S/C21H31N5O3S/c1-4-24-21(28)26(6-5-7-29-3)20(27)14-8-13-9-15-16(11-22)19(23)30-18(15)10-17(13)25(2)12-14/h13-14,17H,4-10,12,23H2,1-3H3,(H,24,28)/t13-,14-,17-/m1/s1. The van der Waals surface area contributed by atoms with Gasteiger partial charge in [-0.25, -0.2) is 4.79 Å². The zero-order chi connectivity index (χ0) is 21.8. The van der Waals surface area contributed by atoms with E-state index >= 15 is 0 Å². The molecule has 1 aromatic heterocycles. The minimum absolute atomic E-state index is 0.126. The molecule has 0 unspecified atom stereocenters. The van der Waals surface area contributed by atoms with Gasteiger partial charge in [0.25, 0.3) is 0 Å². The molecule has 3 N–H and O–H groups in total. The van der Waals surface area contributed by atoms with Crippen molar-refractivity contribution in [3.05, 3.63) is 16.0 Å². The molecule has 3 rings (SSSR count). The quantitative estimate of drug-likeness (QED) is 0.662. The van der Waals surface area contributed by atoms with Crippen molar-refractivity contribution in [2.75, 3.05) is 46.1 Å². The number of piperidine rings is 1. The number of carbonyl (C=O) groups excluding carboxylic acids is 2. The average Bonchev–Trinajstić information content (AvgIpc) is 3.03. The zero-order valence-electron chi connectivity index (χ0n) is 17.9. The summed E-state index contributed by atoms with van der Waals surface area (Å²) in [6.07, 6.45) is 2.95. The Balaban J connectivity index is 1.77. The second-order valence-electron chi connectivity index (χ2n) is 8.13. The Kier molecular flexibility index (Phi) is 7.34. The summed E-state index contributed by atoms with van der Waals surface area (Å²) in [5.41, 5.74) is 7.72. The topological polar surface area (TPSA) is 112 Å². The second kappa shape index (κ2) is 9.77. The number of hydrogen-bond acceptors (Lipinski definition) is 7. The summed E-state index contributed by atoms with van der Waals surface area (Å²) in [4.78, 5) is 30.6. The van der Waals surface area contributed by atoms with Gasteiger partial charge < -0.3 is 20.7 Å². The smallest absolute Gasteiger partial charge is 0.324 e. The SMILES string of the molecule is CCNC(=O)N(CCCOC)C(=O)[C@@H]1C[C@@H]2Cc3c(sc(N)c3C#N)C[C@H]2N(C)C1. The van der Waals surface area contributed by atoms with E-state index in [4.69, 9.17) is 10.5 Å². The van der Waals surface area contributed by atoms with Gasteiger partial charge in [-0.05, 0) is 51.1 Å². The third kappa shape index (κ3) is 4.46. The fourth-order valence-corrected chi connectivity index (χ4v) is 5.89. The van der Waals surface area contributed by atoms with Crippen molar-refractivity contribution < 1.29 is 14.3 Å². The molecule has 0 spiro atoms. The number of anilines is 1. The number of thiophene rings is 1. The van der Waals surface area contributed by atoms with Crippen molar-refractivity contribution in [1.29, 1.82) is 5.26 Å². The Hall–Kier alpha value is -2.15. The van der Waals surface area contributed by atoms with Gasteiger partial charge in [-0.1, -0.05) is 0 Å². The predicted molar refractivity (Wildman–Crippen MR) is 116 cm³/mol. The number of methoxy groups -OCH3 is 1. The fourth-order valence-electron chi connectivity index (χ4n) is 4.80. The number of urea groups is 1. The fraction of sp³-hybridized carbons (Fsp3) is 0.667. The van der Waals surface area contributed by atoms with Crippen LogP contribution in [0.5, 0.6) is 0 Å². The number of amides is 3. The summed E-state index contributed by atoms with van der Waals surface area (Å²) < 4.78 is 5.09. The lowest BCUT2D eigenvalue weighted by Crippen LogP contribution is -2.55. The van der Waals surface area contributed by atoms with Gasteiger partial charge in [-0.2, -0.15) is 5.26 Å². The maximum Gasteiger partial charge on any atom is 0.324 e. The van der Waals surface area contributed by atoms with Crippen LogP contribution in [0.1, 0.15) is 35.8 Å². The van der Waals surface area contributed by atoms with Crippen LogP contribution in [0.4, 0.5) is 9.80 Å². The van der Waals surface area contributed by atoms with Crippen LogP contribution in [-0.2, 0) is 22.4 Å². The van der Waals surface area contributed by atoms with Gasteiger partial charge in [-0.15, -0.1) is 11.3 Å². The summed E-state index contributed by atoms with van der Waals surface area (Å²) in [5, 5.41) is 12.8. The van der Waals surface area contributed by atoms with E-state index < -0.39 is 0 Å². The van der Waals surface area contributed by atoms with Crippen LogP contribution in [0.3, 0.4) is 0 Å². The van der Waals surface area contributed by atoms with Crippen LogP contribution in [-0.4, -0.2) is 68.2 Å². The van der Waals surface area contributed by atoms with Crippen LogP contribution in [0.25, 0.3) is 0 Å². The lowest BCUT2D eigenvalue weighted by atomic mass is 9.74. The highest BCUT2D eigenvalue weighted by atomic mass is 32.1. The number of nitrogens with two attached hydrogens (primary N) is 1. The number of nitrogens with zero attached hydrogens (tertiary/aromatic N) is 3. The summed E-state index contributed by atoms with van der Waals surface area (Å²) in [5.74, 6) is -0.107. The maximum absolute atomic E-state index is 13.3. The van der Waals surface area contributed by atoms with Gasteiger partial charge in [-0.3, -0.25) is 9.69 Å². The van der Waals surface area contributed by atoms with E-state index in [0.717, 1.165) is 18.4 Å². The van der Waals surface area contributed by atoms with Gasteiger partial charge in [0.2, 0.25) is 5.91 Å². The molecule has 3 atom stereocenters. The lowest BCUT2D eigenvalue weighted by molar-refractivity contribution is -0.136. The van der Waals surface area contributed by atoms with E-state index in [1.54, 1.807) is 7.11 Å². The molecule has 164 valence electrons. The van der Waals surface area contributed by atoms with Crippen LogP contribution in [0.15, 0.2) is 0 Å². The Bertz CT molecular complexity index is 833. The molecule has 0 bridgehead atoms. The number of imide groups is 1. The number of nitrogen functional groups attached to an aromatic ring is 1. The molecular weight excluding hydrogens is 402 g/mol. The van der Waals surface area contributed by atoms with Gasteiger partial charge in [0.05, 0.1) is 11.5 Å². The highest BCUT2D eigenvalue weighted by Gasteiger charge is 2.43. The van der Waals surface area contributed by atoms with E-state index in [1.165, 1.54) is 21.1 Å². The molecule has 0 aromatic carbocycles. The Morgan fingerprint density at radius 3 is 2.87 bits per heavy atom. The highest BCUT2D eigenvalue weighted by molar-refractivity contribution is 7.16. The molecule has 2 heterocycles. The van der Waals surface area contributed by atoms with Crippen LogP contribution >= 0.6 is 11.3 Å². The molecule has 1 aliphatic carbocycles. The average molecular weight is 434 g/mol. The van der Waals surface area contributed by atoms with Crippen LogP contribution in [0, 0.1) is 23.2 Å². The largest absolute Gasteiger partial charge is 0.389 e. The van der Waals surface area contributed by atoms with E-state index in [1.807, 2.05) is 14.0 Å². The molecule has 0 radical (unpaired) electrons. The van der Waals surface area contributed by atoms with E-state index in [2.05, 4.69) is 16.3 Å². The Labute approximate surface area is 182 Å². The summed E-state index contributed by atoms with van der Waals surface area (Å²) in [7, 11) is 3.66. The van der Waals surface area contributed by atoms with E-state index in [-0.39, 0.29) is 23.8 Å². The number of likely N-dealkylation sites (N-methyl/N-ethyl adjacent to an activating group) is 1. The predicted octanol–water partition coefficient (Wildman–Crippen LogP) is 1.83. The zero-order valence-corrected chi connectivity index (χ0v) is 18.8. The molecule has 1 fully saturated rings. The number of nitriles is 1. The molecule has 9 heteroatoms. The molecule has 2 aliphatic rings. The van der Waals surface area contributed by atoms with Crippen LogP contribution in [0.2, 0.25) is 0 Å². The summed E-state index contributed by atoms with van der Waals surface area (Å²) in [6.45, 7) is 3.78. The van der Waals surface area contributed by atoms with Crippen molar-refractivity contribution in [3.63, 3.8) is 0 Å². The van der Waals surface area contributed by atoms with Crippen molar-refractivity contribution in [1.82, 2.24) is 15.1 Å². The number of fused-ring (bicyclic) bond motifs is 2. The number of likely N-dealkylation sites (tertiary alicyclic amines) is 1. The highest BCUT2D eigenvalue weighted by Crippen LogP contribution is 2.42. The minimum Gasteiger partial charge on any atom is -0.389 e. The third-order valence-corrected chi connectivity index (χ3v) is 7.30. The monoisotopic (exact) mass is 433 g/mol. The van der Waals surface area contributed by atoms with E-state index in [9.17, 15) is 14.9 Å².